The SMILES string of the molecule is CCCOc1ccc(CNC2=NCCCN2)cn1. The summed E-state index contributed by atoms with van der Waals surface area (Å²) in [6.07, 6.45) is 3.94. The summed E-state index contributed by atoms with van der Waals surface area (Å²) in [5.74, 6) is 1.57. The van der Waals surface area contributed by atoms with Gasteiger partial charge in [0.25, 0.3) is 0 Å². The Morgan fingerprint density at radius 2 is 2.39 bits per heavy atom. The molecule has 0 fully saturated rings. The number of pyridine rings is 1. The predicted molar refractivity (Wildman–Crippen MR) is 71.8 cm³/mol. The lowest BCUT2D eigenvalue weighted by Gasteiger charge is -2.15. The van der Waals surface area contributed by atoms with Crippen LogP contribution in [0.1, 0.15) is 25.3 Å². The molecular weight excluding hydrogens is 228 g/mol. The van der Waals surface area contributed by atoms with E-state index in [0.717, 1.165) is 44.0 Å². The average molecular weight is 248 g/mol. The summed E-state index contributed by atoms with van der Waals surface area (Å²) in [5, 5.41) is 6.48. The van der Waals surface area contributed by atoms with Gasteiger partial charge in [0.15, 0.2) is 5.96 Å². The van der Waals surface area contributed by atoms with Gasteiger partial charge in [-0.15, -0.1) is 0 Å². The molecule has 1 aromatic heterocycles. The first kappa shape index (κ1) is 12.7. The molecule has 18 heavy (non-hydrogen) atoms. The topological polar surface area (TPSA) is 58.5 Å². The van der Waals surface area contributed by atoms with Gasteiger partial charge in [0.05, 0.1) is 6.61 Å². The second-order valence-electron chi connectivity index (χ2n) is 4.22. The molecular formula is C13H20N4O. The van der Waals surface area contributed by atoms with Gasteiger partial charge in [-0.05, 0) is 18.4 Å². The second kappa shape index (κ2) is 6.83. The van der Waals surface area contributed by atoms with Gasteiger partial charge >= 0.3 is 0 Å². The predicted octanol–water partition coefficient (Wildman–Crippen LogP) is 1.31. The van der Waals surface area contributed by atoms with Crippen LogP contribution in [0.25, 0.3) is 0 Å². The molecule has 5 nitrogen and oxygen atoms in total. The molecule has 2 rings (SSSR count). The van der Waals surface area contributed by atoms with Gasteiger partial charge in [-0.3, -0.25) is 4.99 Å². The van der Waals surface area contributed by atoms with Gasteiger partial charge in [-0.2, -0.15) is 0 Å². The Kier molecular flexibility index (Phi) is 4.81. The lowest BCUT2D eigenvalue weighted by Crippen LogP contribution is -2.40. The molecule has 2 N–H and O–H groups in total. The van der Waals surface area contributed by atoms with Crippen LogP contribution in [-0.2, 0) is 6.54 Å². The maximum atomic E-state index is 5.44. The lowest BCUT2D eigenvalue weighted by molar-refractivity contribution is 0.305. The van der Waals surface area contributed by atoms with Crippen LogP contribution >= 0.6 is 0 Å². The molecule has 1 aliphatic heterocycles. The van der Waals surface area contributed by atoms with E-state index < -0.39 is 0 Å². The Balaban J connectivity index is 1.80. The van der Waals surface area contributed by atoms with Crippen molar-refractivity contribution in [3.05, 3.63) is 23.9 Å². The summed E-state index contributed by atoms with van der Waals surface area (Å²) in [7, 11) is 0. The summed E-state index contributed by atoms with van der Waals surface area (Å²) in [4.78, 5) is 8.61. The zero-order valence-electron chi connectivity index (χ0n) is 10.8. The Bertz CT molecular complexity index is 388. The van der Waals surface area contributed by atoms with Crippen LogP contribution in [0.5, 0.6) is 5.88 Å². The molecule has 0 aliphatic carbocycles. The molecule has 0 aromatic carbocycles. The van der Waals surface area contributed by atoms with E-state index in [1.54, 1.807) is 0 Å². The summed E-state index contributed by atoms with van der Waals surface area (Å²) in [6.45, 7) is 5.42. The fourth-order valence-corrected chi connectivity index (χ4v) is 1.64. The Morgan fingerprint density at radius 1 is 1.44 bits per heavy atom. The van der Waals surface area contributed by atoms with Gasteiger partial charge in [0, 0.05) is 31.9 Å². The first-order chi connectivity index (χ1) is 8.88. The van der Waals surface area contributed by atoms with Crippen LogP contribution in [-0.4, -0.2) is 30.6 Å². The molecule has 1 aliphatic rings. The van der Waals surface area contributed by atoms with Crippen LogP contribution in [0.15, 0.2) is 23.3 Å². The number of guanidine groups is 1. The molecule has 5 heteroatoms. The van der Waals surface area contributed by atoms with Gasteiger partial charge < -0.3 is 15.4 Å². The first-order valence-electron chi connectivity index (χ1n) is 6.48. The average Bonchev–Trinajstić information content (AvgIpc) is 2.45. The molecule has 0 spiro atoms. The van der Waals surface area contributed by atoms with Gasteiger partial charge in [-0.25, -0.2) is 4.98 Å². The van der Waals surface area contributed by atoms with Crippen LogP contribution in [0, 0.1) is 0 Å². The maximum Gasteiger partial charge on any atom is 0.213 e. The van der Waals surface area contributed by atoms with Crippen LogP contribution in [0.4, 0.5) is 0 Å². The number of rotatable bonds is 5. The quantitative estimate of drug-likeness (QED) is 0.825. The third-order valence-electron chi connectivity index (χ3n) is 2.61. The fourth-order valence-electron chi connectivity index (χ4n) is 1.64. The van der Waals surface area contributed by atoms with Crippen molar-refractivity contribution < 1.29 is 4.74 Å². The molecule has 0 saturated carbocycles. The van der Waals surface area contributed by atoms with E-state index in [2.05, 4.69) is 27.5 Å². The fraction of sp³-hybridized carbons (Fsp3) is 0.538. The molecule has 0 radical (unpaired) electrons. The highest BCUT2D eigenvalue weighted by Gasteiger charge is 2.03. The Hall–Kier alpha value is -1.78. The van der Waals surface area contributed by atoms with Crippen molar-refractivity contribution in [3.63, 3.8) is 0 Å². The largest absolute Gasteiger partial charge is 0.478 e. The molecule has 98 valence electrons. The van der Waals surface area contributed by atoms with Crippen LogP contribution < -0.4 is 15.4 Å². The van der Waals surface area contributed by atoms with Crippen molar-refractivity contribution >= 4 is 5.96 Å². The van der Waals surface area contributed by atoms with E-state index in [4.69, 9.17) is 4.74 Å². The highest BCUT2D eigenvalue weighted by Crippen LogP contribution is 2.07. The molecule has 0 saturated heterocycles. The van der Waals surface area contributed by atoms with E-state index >= 15 is 0 Å². The summed E-state index contributed by atoms with van der Waals surface area (Å²) < 4.78 is 5.44. The minimum absolute atomic E-state index is 0.689. The number of hydrogen-bond acceptors (Lipinski definition) is 5. The van der Waals surface area contributed by atoms with Crippen molar-refractivity contribution in [2.45, 2.75) is 26.3 Å². The molecule has 0 bridgehead atoms. The molecule has 0 unspecified atom stereocenters. The lowest BCUT2D eigenvalue weighted by atomic mass is 10.3. The van der Waals surface area contributed by atoms with Crippen molar-refractivity contribution in [1.82, 2.24) is 15.6 Å². The summed E-state index contributed by atoms with van der Waals surface area (Å²) in [5.41, 5.74) is 1.12. The zero-order valence-corrected chi connectivity index (χ0v) is 10.8. The smallest absolute Gasteiger partial charge is 0.213 e. The van der Waals surface area contributed by atoms with E-state index in [-0.39, 0.29) is 0 Å². The molecule has 2 heterocycles. The summed E-state index contributed by atoms with van der Waals surface area (Å²) in [6, 6.07) is 3.93. The third kappa shape index (κ3) is 3.91. The van der Waals surface area contributed by atoms with Crippen molar-refractivity contribution in [3.8, 4) is 5.88 Å². The normalized spacial score (nSPS) is 14.6. The number of aliphatic imine (C=N–C) groups is 1. The van der Waals surface area contributed by atoms with E-state index in [1.165, 1.54) is 0 Å². The van der Waals surface area contributed by atoms with Gasteiger partial charge in [0.2, 0.25) is 5.88 Å². The molecule has 0 amide bonds. The minimum Gasteiger partial charge on any atom is -0.478 e. The number of aromatic nitrogens is 1. The van der Waals surface area contributed by atoms with Crippen LogP contribution in [0.2, 0.25) is 0 Å². The first-order valence-corrected chi connectivity index (χ1v) is 6.48. The van der Waals surface area contributed by atoms with Crippen molar-refractivity contribution in [2.75, 3.05) is 19.7 Å². The van der Waals surface area contributed by atoms with Crippen LogP contribution in [0.3, 0.4) is 0 Å². The Morgan fingerprint density at radius 3 is 3.06 bits per heavy atom. The highest BCUT2D eigenvalue weighted by molar-refractivity contribution is 5.80. The number of hydrogen-bond donors (Lipinski definition) is 2. The molecule has 0 atom stereocenters. The second-order valence-corrected chi connectivity index (χ2v) is 4.22. The maximum absolute atomic E-state index is 5.44. The minimum atomic E-state index is 0.689. The van der Waals surface area contributed by atoms with Gasteiger partial charge in [-0.1, -0.05) is 13.0 Å². The number of nitrogens with zero attached hydrogens (tertiary/aromatic N) is 2. The van der Waals surface area contributed by atoms with Crippen molar-refractivity contribution in [2.24, 2.45) is 4.99 Å². The highest BCUT2D eigenvalue weighted by atomic mass is 16.5. The van der Waals surface area contributed by atoms with Crippen molar-refractivity contribution in [1.29, 1.82) is 0 Å². The molecule has 1 aromatic rings. The summed E-state index contributed by atoms with van der Waals surface area (Å²) >= 11 is 0. The number of nitrogens with one attached hydrogen (secondary N) is 2. The Labute approximate surface area is 108 Å². The van der Waals surface area contributed by atoms with E-state index in [1.807, 2.05) is 18.3 Å². The van der Waals surface area contributed by atoms with E-state index in [9.17, 15) is 0 Å². The standard InChI is InChI=1S/C13H20N4O/c1-2-8-18-12-5-4-11(9-16-12)10-17-13-14-6-3-7-15-13/h4-5,9H,2-3,6-8,10H2,1H3,(H2,14,15,17). The zero-order chi connectivity index (χ0) is 12.6. The van der Waals surface area contributed by atoms with E-state index in [0.29, 0.717) is 12.5 Å². The van der Waals surface area contributed by atoms with Gasteiger partial charge in [0.1, 0.15) is 0 Å². The number of ether oxygens (including phenoxy) is 1. The third-order valence-corrected chi connectivity index (χ3v) is 2.61. The monoisotopic (exact) mass is 248 g/mol.